The van der Waals surface area contributed by atoms with E-state index in [2.05, 4.69) is 91.0 Å². The highest BCUT2D eigenvalue weighted by Crippen LogP contribution is 2.41. The van der Waals surface area contributed by atoms with E-state index in [0.29, 0.717) is 18.4 Å². The number of hydrogen-bond donors (Lipinski definition) is 3. The van der Waals surface area contributed by atoms with Gasteiger partial charge in [-0.05, 0) is 87.5 Å². The highest BCUT2D eigenvalue weighted by atomic mass is 16.3. The molecule has 0 aromatic carbocycles. The summed E-state index contributed by atoms with van der Waals surface area (Å²) in [7, 11) is 0. The maximum Gasteiger partial charge on any atom is 0.187 e. The van der Waals surface area contributed by atoms with Crippen molar-refractivity contribution in [2.75, 3.05) is 0 Å². The molecule has 0 aromatic rings. The van der Waals surface area contributed by atoms with Crippen molar-refractivity contribution in [1.29, 1.82) is 0 Å². The van der Waals surface area contributed by atoms with Gasteiger partial charge in [0.05, 0.1) is 6.10 Å². The number of carbonyl (C=O) groups excluding carboxylic acids is 1. The van der Waals surface area contributed by atoms with Gasteiger partial charge >= 0.3 is 0 Å². The van der Waals surface area contributed by atoms with E-state index in [4.69, 9.17) is 0 Å². The lowest BCUT2D eigenvalue weighted by molar-refractivity contribution is -0.125. The first-order valence-corrected chi connectivity index (χ1v) is 15.5. The van der Waals surface area contributed by atoms with Gasteiger partial charge in [-0.15, -0.1) is 0 Å². The van der Waals surface area contributed by atoms with E-state index >= 15 is 0 Å². The fourth-order valence-electron chi connectivity index (χ4n) is 5.78. The Morgan fingerprint density at radius 3 is 1.55 bits per heavy atom. The zero-order valence-corrected chi connectivity index (χ0v) is 28.5. The highest BCUT2D eigenvalue weighted by Gasteiger charge is 2.37. The molecule has 0 spiro atoms. The summed E-state index contributed by atoms with van der Waals surface area (Å²) >= 11 is 0. The van der Waals surface area contributed by atoms with Gasteiger partial charge in [0.1, 0.15) is 12.2 Å². The van der Waals surface area contributed by atoms with E-state index in [-0.39, 0.29) is 16.6 Å². The largest absolute Gasteiger partial charge is 0.390 e. The van der Waals surface area contributed by atoms with Crippen molar-refractivity contribution in [3.63, 3.8) is 0 Å². The predicted octanol–water partition coefficient (Wildman–Crippen LogP) is 8.70. The second-order valence-corrected chi connectivity index (χ2v) is 13.6. The highest BCUT2D eigenvalue weighted by molar-refractivity contribution is 6.00. The molecule has 44 heavy (non-hydrogen) atoms. The van der Waals surface area contributed by atoms with Crippen LogP contribution in [-0.2, 0) is 4.79 Å². The summed E-state index contributed by atoms with van der Waals surface area (Å²) in [5.41, 5.74) is 7.57. The SMILES string of the molecule is CC1=C(/C=C/C(C)=C/C=C/C(C)=C/C=C/C=C(C)/C=C/C=C(C)/C=C/C2=C(C)[C@@H](O)C(O)CC2(C)C)C(C)(C)CC(O)C1=O. The van der Waals surface area contributed by atoms with E-state index in [1.165, 1.54) is 0 Å². The Morgan fingerprint density at radius 2 is 1.05 bits per heavy atom. The van der Waals surface area contributed by atoms with Crippen molar-refractivity contribution in [2.24, 2.45) is 10.8 Å². The summed E-state index contributed by atoms with van der Waals surface area (Å²) in [5.74, 6) is -0.173. The minimum Gasteiger partial charge on any atom is -0.390 e. The van der Waals surface area contributed by atoms with Crippen LogP contribution < -0.4 is 0 Å². The molecule has 2 rings (SSSR count). The molecule has 2 aliphatic carbocycles. The van der Waals surface area contributed by atoms with Gasteiger partial charge in [0.15, 0.2) is 5.78 Å². The van der Waals surface area contributed by atoms with Crippen LogP contribution in [0.15, 0.2) is 130 Å². The lowest BCUT2D eigenvalue weighted by atomic mass is 9.70. The van der Waals surface area contributed by atoms with Crippen LogP contribution in [0.3, 0.4) is 0 Å². The molecule has 0 fully saturated rings. The summed E-state index contributed by atoms with van der Waals surface area (Å²) in [5, 5.41) is 30.4. The standard InChI is InChI=1S/C40H54O4/c1-27(17-13-19-29(3)21-23-33-31(5)37(43)35(41)25-39(33,7)8)15-11-12-16-28(2)18-14-20-30(4)22-24-34-32(6)38(44)36(42)26-40(34,9)10/h11-24,35-37,41-43H,25-26H2,1-10H3/b12-11+,17-13+,18-14+,23-21+,24-22+,27-15+,28-16+,29-19+,30-20+/t35?,36?,37-/m1/s1. The van der Waals surface area contributed by atoms with E-state index in [0.717, 1.165) is 39.0 Å². The van der Waals surface area contributed by atoms with E-state index in [1.807, 2.05) is 56.4 Å². The molecule has 238 valence electrons. The minimum atomic E-state index is -0.905. The van der Waals surface area contributed by atoms with E-state index in [1.54, 1.807) is 6.92 Å². The second-order valence-electron chi connectivity index (χ2n) is 13.6. The Balaban J connectivity index is 1.95. The van der Waals surface area contributed by atoms with Gasteiger partial charge in [0, 0.05) is 0 Å². The molecular weight excluding hydrogens is 544 g/mol. The third-order valence-corrected chi connectivity index (χ3v) is 8.48. The molecule has 3 N–H and O–H groups in total. The molecule has 4 nitrogen and oxygen atoms in total. The number of aliphatic hydroxyl groups excluding tert-OH is 3. The van der Waals surface area contributed by atoms with E-state index in [9.17, 15) is 20.1 Å². The minimum absolute atomic E-state index is 0.173. The Morgan fingerprint density at radius 1 is 0.636 bits per heavy atom. The topological polar surface area (TPSA) is 77.8 Å². The van der Waals surface area contributed by atoms with Crippen LogP contribution in [0, 0.1) is 10.8 Å². The average molecular weight is 599 g/mol. The first-order chi connectivity index (χ1) is 20.5. The molecule has 0 aromatic heterocycles. The smallest absolute Gasteiger partial charge is 0.187 e. The summed E-state index contributed by atoms with van der Waals surface area (Å²) in [6.07, 6.45) is 27.2. The Labute approximate surface area is 266 Å². The normalized spacial score (nSPS) is 26.2. The molecule has 3 atom stereocenters. The van der Waals surface area contributed by atoms with Crippen LogP contribution in [0.4, 0.5) is 0 Å². The molecule has 0 saturated carbocycles. The Bertz CT molecular complexity index is 1410. The first-order valence-electron chi connectivity index (χ1n) is 15.5. The van der Waals surface area contributed by atoms with Crippen LogP contribution in [0.25, 0.3) is 0 Å². The van der Waals surface area contributed by atoms with Crippen molar-refractivity contribution < 1.29 is 20.1 Å². The summed E-state index contributed by atoms with van der Waals surface area (Å²) in [4.78, 5) is 12.2. The summed E-state index contributed by atoms with van der Waals surface area (Å²) in [6, 6.07) is 0. The molecule has 4 heteroatoms. The van der Waals surface area contributed by atoms with Crippen molar-refractivity contribution >= 4 is 5.78 Å². The summed E-state index contributed by atoms with van der Waals surface area (Å²) in [6.45, 7) is 20.2. The second kappa shape index (κ2) is 16.1. The van der Waals surface area contributed by atoms with Crippen molar-refractivity contribution in [2.45, 2.75) is 100 Å². The van der Waals surface area contributed by atoms with Gasteiger partial charge in [-0.1, -0.05) is 135 Å². The molecular formula is C40H54O4. The fourth-order valence-corrected chi connectivity index (χ4v) is 5.78. The lowest BCUT2D eigenvalue weighted by Crippen LogP contribution is -2.38. The molecule has 2 aliphatic rings. The number of allylic oxidation sites excluding steroid dienone is 20. The number of ketones is 1. The third kappa shape index (κ3) is 10.7. The van der Waals surface area contributed by atoms with Crippen molar-refractivity contribution in [3.8, 4) is 0 Å². The summed E-state index contributed by atoms with van der Waals surface area (Å²) < 4.78 is 0. The van der Waals surface area contributed by atoms with Crippen LogP contribution in [0.5, 0.6) is 0 Å². The van der Waals surface area contributed by atoms with Crippen LogP contribution in [0.2, 0.25) is 0 Å². The number of rotatable bonds is 10. The van der Waals surface area contributed by atoms with Gasteiger partial charge in [0.2, 0.25) is 0 Å². The molecule has 0 bridgehead atoms. The third-order valence-electron chi connectivity index (χ3n) is 8.48. The van der Waals surface area contributed by atoms with Gasteiger partial charge in [-0.3, -0.25) is 4.79 Å². The first kappa shape index (κ1) is 36.9. The average Bonchev–Trinajstić information content (AvgIpc) is 2.92. The number of hydrogen-bond acceptors (Lipinski definition) is 4. The van der Waals surface area contributed by atoms with Crippen LogP contribution in [0.1, 0.15) is 82.1 Å². The van der Waals surface area contributed by atoms with E-state index < -0.39 is 18.3 Å². The monoisotopic (exact) mass is 598 g/mol. The van der Waals surface area contributed by atoms with Gasteiger partial charge in [0.25, 0.3) is 0 Å². The maximum atomic E-state index is 12.2. The molecule has 0 aliphatic heterocycles. The number of Topliss-reactive ketones (excluding diaryl/α,β-unsaturated/α-hetero) is 1. The Kier molecular flexibility index (Phi) is 13.5. The fraction of sp³-hybridized carbons (Fsp3) is 0.425. The molecule has 0 saturated heterocycles. The quantitative estimate of drug-likeness (QED) is 0.220. The molecule has 0 amide bonds. The Hall–Kier alpha value is -3.31. The predicted molar refractivity (Wildman–Crippen MR) is 186 cm³/mol. The zero-order valence-electron chi connectivity index (χ0n) is 28.5. The van der Waals surface area contributed by atoms with Gasteiger partial charge < -0.3 is 15.3 Å². The van der Waals surface area contributed by atoms with Crippen molar-refractivity contribution in [3.05, 3.63) is 130 Å². The molecule has 2 unspecified atom stereocenters. The maximum absolute atomic E-state index is 12.2. The van der Waals surface area contributed by atoms with Crippen LogP contribution in [-0.4, -0.2) is 39.4 Å². The molecule has 0 heterocycles. The van der Waals surface area contributed by atoms with Gasteiger partial charge in [-0.25, -0.2) is 0 Å². The number of aliphatic hydroxyl groups is 3. The zero-order chi connectivity index (χ0) is 33.2. The van der Waals surface area contributed by atoms with Gasteiger partial charge in [-0.2, -0.15) is 0 Å². The lowest BCUT2D eigenvalue weighted by Gasteiger charge is -2.38. The number of carbonyl (C=O) groups is 1. The van der Waals surface area contributed by atoms with Crippen molar-refractivity contribution in [1.82, 2.24) is 0 Å². The molecule has 0 radical (unpaired) electrons. The van der Waals surface area contributed by atoms with Crippen LogP contribution >= 0.6 is 0 Å².